The quantitative estimate of drug-likeness (QED) is 0.467. The maximum absolute atomic E-state index is 10.5. The smallest absolute Gasteiger partial charge is 0.319 e. The molecule has 3 nitrogen and oxygen atoms in total. The molecule has 0 fully saturated rings. The third kappa shape index (κ3) is 3.61. The second kappa shape index (κ2) is 3.43. The molecule has 0 aliphatic carbocycles. The third-order valence-electron chi connectivity index (χ3n) is 0.565. The van der Waals surface area contributed by atoms with Gasteiger partial charge in [-0.25, -0.2) is 0 Å². The Labute approximate surface area is 50.6 Å². The summed E-state index contributed by atoms with van der Waals surface area (Å²) in [5.41, 5.74) is 0. The van der Waals surface area contributed by atoms with Gasteiger partial charge in [0.2, 0.25) is 0 Å². The minimum Gasteiger partial charge on any atom is -0.468 e. The summed E-state index contributed by atoms with van der Waals surface area (Å²) >= 11 is 0. The lowest BCUT2D eigenvalue weighted by Crippen LogP contribution is -2.22. The average molecular weight is 118 g/mol. The molecule has 0 aliphatic rings. The largest absolute Gasteiger partial charge is 0.468 e. The van der Waals surface area contributed by atoms with Crippen LogP contribution in [0.5, 0.6) is 0 Å². The van der Waals surface area contributed by atoms with Crippen LogP contribution in [0, 0.1) is 0 Å². The summed E-state index contributed by atoms with van der Waals surface area (Å²) in [6.45, 7) is -0.894. The average Bonchev–Trinajstić information content (AvgIpc) is 1.84. The van der Waals surface area contributed by atoms with E-state index in [0.29, 0.717) is 0 Å². The van der Waals surface area contributed by atoms with Crippen LogP contribution in [0.1, 0.15) is 1.37 Å². The van der Waals surface area contributed by atoms with Gasteiger partial charge in [-0.05, 0) is 14.1 Å². The molecule has 0 heterocycles. The number of hydrogen-bond acceptors (Lipinski definition) is 3. The highest BCUT2D eigenvalue weighted by molar-refractivity contribution is 5.71. The number of rotatable bonds is 2. The first-order valence-electron chi connectivity index (χ1n) is 2.84. The van der Waals surface area contributed by atoms with Gasteiger partial charge in [0.05, 0.1) is 15.0 Å². The third-order valence-corrected chi connectivity index (χ3v) is 0.565. The van der Waals surface area contributed by atoms with Gasteiger partial charge in [0, 0.05) is 0 Å². The molecule has 0 aromatic heterocycles. The second-order valence-electron chi connectivity index (χ2n) is 1.62. The fourth-order valence-electron chi connectivity index (χ4n) is 0.264. The van der Waals surface area contributed by atoms with Gasteiger partial charge in [-0.1, -0.05) is 0 Å². The normalized spacial score (nSPS) is 15.2. The zero-order valence-corrected chi connectivity index (χ0v) is 5.34. The Balaban J connectivity index is 3.72. The Hall–Kier alpha value is -0.570. The van der Waals surface area contributed by atoms with E-state index in [1.54, 1.807) is 14.1 Å². The van der Waals surface area contributed by atoms with E-state index < -0.39 is 12.5 Å². The van der Waals surface area contributed by atoms with E-state index in [1.807, 2.05) is 0 Å². The van der Waals surface area contributed by atoms with Crippen molar-refractivity contribution >= 4 is 5.97 Å². The van der Waals surface area contributed by atoms with Gasteiger partial charge >= 0.3 is 5.97 Å². The molecular weight excluding hydrogens is 106 g/mol. The van der Waals surface area contributed by atoms with Crippen molar-refractivity contribution in [3.63, 3.8) is 0 Å². The van der Waals surface area contributed by atoms with Crippen molar-refractivity contribution in [3.05, 3.63) is 0 Å². The van der Waals surface area contributed by atoms with Crippen molar-refractivity contribution in [1.29, 1.82) is 0 Å². The lowest BCUT2D eigenvalue weighted by atomic mass is 10.6. The number of nitrogens with zero attached hydrogens (tertiary/aromatic N) is 1. The minimum atomic E-state index is -0.894. The molecule has 48 valence electrons. The first-order valence-corrected chi connectivity index (χ1v) is 2.26. The van der Waals surface area contributed by atoms with E-state index >= 15 is 0 Å². The van der Waals surface area contributed by atoms with Gasteiger partial charge in [0.1, 0.15) is 0 Å². The molecule has 0 aromatic carbocycles. The van der Waals surface area contributed by atoms with E-state index in [9.17, 15) is 4.79 Å². The SMILES string of the molecule is [2H]C(C(=O)OC)N(C)C. The standard InChI is InChI=1S/C5H11NO2/c1-6(2)4-5(7)8-3/h4H2,1-3H3/i4D. The van der Waals surface area contributed by atoms with Gasteiger partial charge in [0.25, 0.3) is 0 Å². The molecule has 0 saturated carbocycles. The Morgan fingerprint density at radius 1 is 1.88 bits per heavy atom. The molecule has 0 spiro atoms. The lowest BCUT2D eigenvalue weighted by Gasteiger charge is -2.05. The summed E-state index contributed by atoms with van der Waals surface area (Å²) in [6, 6.07) is 0. The van der Waals surface area contributed by atoms with Gasteiger partial charge in [-0.2, -0.15) is 0 Å². The van der Waals surface area contributed by atoms with Gasteiger partial charge < -0.3 is 4.74 Å². The topological polar surface area (TPSA) is 29.5 Å². The first kappa shape index (κ1) is 5.56. The Morgan fingerprint density at radius 2 is 2.38 bits per heavy atom. The first-order chi connectivity index (χ1) is 4.09. The summed E-state index contributed by atoms with van der Waals surface area (Å²) in [5, 5.41) is 0. The molecule has 0 bridgehead atoms. The molecule has 0 radical (unpaired) electrons. The molecule has 0 aliphatic heterocycles. The molecule has 1 unspecified atom stereocenters. The summed E-state index contributed by atoms with van der Waals surface area (Å²) in [5.74, 6) is -0.528. The lowest BCUT2D eigenvalue weighted by molar-refractivity contribution is -0.141. The number of hydrogen-bond donors (Lipinski definition) is 0. The highest BCUT2D eigenvalue weighted by atomic mass is 16.5. The number of methoxy groups -OCH3 is 1. The van der Waals surface area contributed by atoms with Gasteiger partial charge in [-0.3, -0.25) is 9.69 Å². The fourth-order valence-corrected chi connectivity index (χ4v) is 0.264. The fraction of sp³-hybridized carbons (Fsp3) is 0.800. The van der Waals surface area contributed by atoms with Gasteiger partial charge in [0.15, 0.2) is 0 Å². The molecule has 8 heavy (non-hydrogen) atoms. The molecular formula is C5H11NO2. The highest BCUT2D eigenvalue weighted by Crippen LogP contribution is 1.75. The van der Waals surface area contributed by atoms with Gasteiger partial charge in [-0.15, -0.1) is 0 Å². The van der Waals surface area contributed by atoms with Crippen LogP contribution in [-0.2, 0) is 9.53 Å². The summed E-state index contributed by atoms with van der Waals surface area (Å²) in [7, 11) is 4.57. The van der Waals surface area contributed by atoms with Crippen molar-refractivity contribution in [2.24, 2.45) is 0 Å². The highest BCUT2D eigenvalue weighted by Gasteiger charge is 1.98. The number of carbonyl (C=O) groups excluding carboxylic acids is 1. The van der Waals surface area contributed by atoms with E-state index in [1.165, 1.54) is 12.0 Å². The van der Waals surface area contributed by atoms with Crippen molar-refractivity contribution in [2.75, 3.05) is 27.7 Å². The van der Waals surface area contributed by atoms with E-state index in [0.717, 1.165) is 0 Å². The van der Waals surface area contributed by atoms with Crippen LogP contribution in [0.15, 0.2) is 0 Å². The number of esters is 1. The monoisotopic (exact) mass is 118 g/mol. The molecule has 0 aromatic rings. The number of ether oxygens (including phenoxy) is 1. The zero-order valence-electron chi connectivity index (χ0n) is 6.34. The molecule has 1 atom stereocenters. The Bertz CT molecular complexity index is 105. The van der Waals surface area contributed by atoms with Crippen LogP contribution >= 0.6 is 0 Å². The Morgan fingerprint density at radius 3 is 2.50 bits per heavy atom. The van der Waals surface area contributed by atoms with Crippen molar-refractivity contribution in [3.8, 4) is 0 Å². The molecule has 3 heteroatoms. The maximum Gasteiger partial charge on any atom is 0.319 e. The van der Waals surface area contributed by atoms with E-state index in [-0.39, 0.29) is 0 Å². The summed E-state index contributed by atoms with van der Waals surface area (Å²) in [4.78, 5) is 12.0. The summed E-state index contributed by atoms with van der Waals surface area (Å²) < 4.78 is 11.4. The van der Waals surface area contributed by atoms with E-state index in [2.05, 4.69) is 4.74 Å². The van der Waals surface area contributed by atoms with Crippen LogP contribution in [0.2, 0.25) is 0 Å². The number of likely N-dealkylation sites (N-methyl/N-ethyl adjacent to an activating group) is 1. The molecule has 0 saturated heterocycles. The molecule has 0 N–H and O–H groups in total. The maximum atomic E-state index is 10.5. The van der Waals surface area contributed by atoms with E-state index in [4.69, 9.17) is 1.37 Å². The zero-order chi connectivity index (χ0) is 7.44. The Kier molecular flexibility index (Phi) is 2.39. The minimum absolute atomic E-state index is 0.528. The predicted octanol–water partition coefficient (Wildman–Crippen LogP) is -0.279. The number of carbonyl (C=O) groups is 1. The summed E-state index contributed by atoms with van der Waals surface area (Å²) in [6.07, 6.45) is 0. The van der Waals surface area contributed by atoms with Crippen molar-refractivity contribution < 1.29 is 10.9 Å². The van der Waals surface area contributed by atoms with Crippen LogP contribution in [-0.4, -0.2) is 38.6 Å². The van der Waals surface area contributed by atoms with Crippen LogP contribution in [0.25, 0.3) is 0 Å². The second-order valence-corrected chi connectivity index (χ2v) is 1.62. The van der Waals surface area contributed by atoms with Crippen molar-refractivity contribution in [2.45, 2.75) is 0 Å². The van der Waals surface area contributed by atoms with Crippen molar-refractivity contribution in [1.82, 2.24) is 4.90 Å². The molecule has 0 rings (SSSR count). The van der Waals surface area contributed by atoms with Crippen LogP contribution in [0.4, 0.5) is 0 Å². The van der Waals surface area contributed by atoms with Crippen LogP contribution < -0.4 is 0 Å². The van der Waals surface area contributed by atoms with Crippen LogP contribution in [0.3, 0.4) is 0 Å². The predicted molar refractivity (Wildman–Crippen MR) is 30.6 cm³/mol. The molecule has 0 amide bonds.